The van der Waals surface area contributed by atoms with E-state index in [1.54, 1.807) is 19.0 Å². The molecule has 0 aromatic heterocycles. The number of hydrogen-bond donors (Lipinski definition) is 1. The molecule has 18 heavy (non-hydrogen) atoms. The summed E-state index contributed by atoms with van der Waals surface area (Å²) >= 11 is 0. The quantitative estimate of drug-likeness (QED) is 0.868. The number of nitrogens with zero attached hydrogens (tertiary/aromatic N) is 1. The van der Waals surface area contributed by atoms with Crippen LogP contribution >= 0.6 is 0 Å². The van der Waals surface area contributed by atoms with E-state index in [-0.39, 0.29) is 11.9 Å². The van der Waals surface area contributed by atoms with Gasteiger partial charge < -0.3 is 15.4 Å². The van der Waals surface area contributed by atoms with E-state index in [0.29, 0.717) is 13.0 Å². The van der Waals surface area contributed by atoms with Gasteiger partial charge in [-0.1, -0.05) is 12.1 Å². The fraction of sp³-hybridized carbons (Fsp3) is 0.500. The van der Waals surface area contributed by atoms with Crippen molar-refractivity contribution in [2.24, 2.45) is 5.73 Å². The Morgan fingerprint density at radius 1 is 1.44 bits per heavy atom. The van der Waals surface area contributed by atoms with Crippen LogP contribution in [0.4, 0.5) is 0 Å². The minimum atomic E-state index is -0.0786. The molecule has 1 aromatic rings. The SMILES string of the molecule is Cc1ccc([C@H](C)N)c(OCCC(=O)N(C)C)c1. The zero-order valence-electron chi connectivity index (χ0n) is 11.6. The molecule has 100 valence electrons. The summed E-state index contributed by atoms with van der Waals surface area (Å²) in [6.07, 6.45) is 0.374. The van der Waals surface area contributed by atoms with Crippen molar-refractivity contribution in [3.8, 4) is 5.75 Å². The van der Waals surface area contributed by atoms with Gasteiger partial charge in [-0.2, -0.15) is 0 Å². The van der Waals surface area contributed by atoms with Gasteiger partial charge in [0.1, 0.15) is 5.75 Å². The summed E-state index contributed by atoms with van der Waals surface area (Å²) in [5, 5.41) is 0. The number of aryl methyl sites for hydroxylation is 1. The molecule has 0 unspecified atom stereocenters. The summed E-state index contributed by atoms with van der Waals surface area (Å²) in [7, 11) is 3.48. The summed E-state index contributed by atoms with van der Waals surface area (Å²) in [5.41, 5.74) is 7.98. The van der Waals surface area contributed by atoms with Gasteiger partial charge in [0.2, 0.25) is 5.91 Å². The standard InChI is InChI=1S/C14H22N2O2/c1-10-5-6-12(11(2)15)13(9-10)18-8-7-14(17)16(3)4/h5-6,9,11H,7-8,15H2,1-4H3/t11-/m0/s1. The molecular formula is C14H22N2O2. The van der Waals surface area contributed by atoms with Crippen LogP contribution < -0.4 is 10.5 Å². The lowest BCUT2D eigenvalue weighted by Gasteiger charge is -2.15. The Morgan fingerprint density at radius 3 is 2.67 bits per heavy atom. The highest BCUT2D eigenvalue weighted by atomic mass is 16.5. The van der Waals surface area contributed by atoms with Gasteiger partial charge in [0.15, 0.2) is 0 Å². The van der Waals surface area contributed by atoms with E-state index >= 15 is 0 Å². The van der Waals surface area contributed by atoms with Crippen molar-refractivity contribution in [2.45, 2.75) is 26.3 Å². The fourth-order valence-corrected chi connectivity index (χ4v) is 1.61. The number of carbonyl (C=O) groups is 1. The van der Waals surface area contributed by atoms with Gasteiger partial charge in [0.05, 0.1) is 13.0 Å². The fourth-order valence-electron chi connectivity index (χ4n) is 1.61. The Labute approximate surface area is 109 Å². The predicted octanol–water partition coefficient (Wildman–Crippen LogP) is 1.87. The number of carbonyl (C=O) groups excluding carboxylic acids is 1. The second kappa shape index (κ2) is 6.40. The summed E-state index contributed by atoms with van der Waals surface area (Å²) in [6.45, 7) is 4.30. The van der Waals surface area contributed by atoms with Crippen LogP contribution in [0.1, 0.15) is 30.5 Å². The Balaban J connectivity index is 2.66. The second-order valence-electron chi connectivity index (χ2n) is 4.72. The van der Waals surface area contributed by atoms with Crippen LogP contribution in [0.5, 0.6) is 5.75 Å². The lowest BCUT2D eigenvalue weighted by atomic mass is 10.1. The number of hydrogen-bond acceptors (Lipinski definition) is 3. The molecule has 0 saturated carbocycles. The Bertz CT molecular complexity index is 414. The van der Waals surface area contributed by atoms with Crippen LogP contribution in [0, 0.1) is 6.92 Å². The van der Waals surface area contributed by atoms with Gasteiger partial charge in [-0.05, 0) is 25.5 Å². The summed E-state index contributed by atoms with van der Waals surface area (Å²) in [6, 6.07) is 5.86. The first-order chi connectivity index (χ1) is 8.41. The molecule has 4 heteroatoms. The van der Waals surface area contributed by atoms with Crippen molar-refractivity contribution in [2.75, 3.05) is 20.7 Å². The molecule has 0 aliphatic rings. The molecule has 0 bridgehead atoms. The third-order valence-corrected chi connectivity index (χ3v) is 2.73. The molecule has 0 fully saturated rings. The van der Waals surface area contributed by atoms with Crippen LogP contribution in [0.25, 0.3) is 0 Å². The normalized spacial score (nSPS) is 12.1. The Morgan fingerprint density at radius 2 is 2.11 bits per heavy atom. The molecule has 1 aromatic carbocycles. The molecule has 0 heterocycles. The molecule has 1 rings (SSSR count). The van der Waals surface area contributed by atoms with Crippen molar-refractivity contribution in [1.29, 1.82) is 0 Å². The zero-order chi connectivity index (χ0) is 13.7. The van der Waals surface area contributed by atoms with Crippen LogP contribution in [-0.4, -0.2) is 31.5 Å². The average Bonchev–Trinajstić information content (AvgIpc) is 2.28. The monoisotopic (exact) mass is 250 g/mol. The van der Waals surface area contributed by atoms with Crippen molar-refractivity contribution >= 4 is 5.91 Å². The second-order valence-corrected chi connectivity index (χ2v) is 4.72. The lowest BCUT2D eigenvalue weighted by Crippen LogP contribution is -2.23. The van der Waals surface area contributed by atoms with Crippen molar-refractivity contribution in [1.82, 2.24) is 4.90 Å². The molecule has 1 atom stereocenters. The highest BCUT2D eigenvalue weighted by Gasteiger charge is 2.09. The van der Waals surface area contributed by atoms with Gasteiger partial charge in [-0.25, -0.2) is 0 Å². The van der Waals surface area contributed by atoms with Crippen molar-refractivity contribution in [3.05, 3.63) is 29.3 Å². The van der Waals surface area contributed by atoms with Gasteiger partial charge >= 0.3 is 0 Å². The largest absolute Gasteiger partial charge is 0.493 e. The third-order valence-electron chi connectivity index (χ3n) is 2.73. The molecule has 0 radical (unpaired) electrons. The molecule has 4 nitrogen and oxygen atoms in total. The first kappa shape index (κ1) is 14.5. The van der Waals surface area contributed by atoms with E-state index in [1.165, 1.54) is 0 Å². The van der Waals surface area contributed by atoms with Gasteiger partial charge in [0, 0.05) is 25.7 Å². The van der Waals surface area contributed by atoms with Crippen molar-refractivity contribution in [3.63, 3.8) is 0 Å². The van der Waals surface area contributed by atoms with E-state index in [4.69, 9.17) is 10.5 Å². The first-order valence-corrected chi connectivity index (χ1v) is 6.11. The number of benzene rings is 1. The number of ether oxygens (including phenoxy) is 1. The van der Waals surface area contributed by atoms with Crippen molar-refractivity contribution < 1.29 is 9.53 Å². The lowest BCUT2D eigenvalue weighted by molar-refractivity contribution is -0.129. The number of nitrogens with two attached hydrogens (primary N) is 1. The first-order valence-electron chi connectivity index (χ1n) is 6.11. The topological polar surface area (TPSA) is 55.6 Å². The van der Waals surface area contributed by atoms with E-state index in [1.807, 2.05) is 32.0 Å². The maximum absolute atomic E-state index is 11.4. The zero-order valence-corrected chi connectivity index (χ0v) is 11.6. The number of amides is 1. The molecule has 2 N–H and O–H groups in total. The van der Waals surface area contributed by atoms with Gasteiger partial charge in [-0.3, -0.25) is 4.79 Å². The molecule has 1 amide bonds. The van der Waals surface area contributed by atoms with Crippen LogP contribution in [0.15, 0.2) is 18.2 Å². The van der Waals surface area contributed by atoms with Gasteiger partial charge in [-0.15, -0.1) is 0 Å². The Kier molecular flexibility index (Phi) is 5.16. The van der Waals surface area contributed by atoms with E-state index < -0.39 is 0 Å². The molecule has 0 spiro atoms. The summed E-state index contributed by atoms with van der Waals surface area (Å²) in [5.74, 6) is 0.835. The van der Waals surface area contributed by atoms with E-state index in [0.717, 1.165) is 16.9 Å². The highest BCUT2D eigenvalue weighted by Crippen LogP contribution is 2.25. The van der Waals surface area contributed by atoms with E-state index in [2.05, 4.69) is 0 Å². The van der Waals surface area contributed by atoms with Crippen LogP contribution in [0.3, 0.4) is 0 Å². The molecular weight excluding hydrogens is 228 g/mol. The van der Waals surface area contributed by atoms with Gasteiger partial charge in [0.25, 0.3) is 0 Å². The van der Waals surface area contributed by atoms with E-state index in [9.17, 15) is 4.79 Å². The minimum Gasteiger partial charge on any atom is -0.493 e. The number of rotatable bonds is 5. The predicted molar refractivity (Wildman–Crippen MR) is 72.6 cm³/mol. The smallest absolute Gasteiger partial charge is 0.225 e. The summed E-state index contributed by atoms with van der Waals surface area (Å²) < 4.78 is 5.67. The maximum atomic E-state index is 11.4. The molecule has 0 aliphatic heterocycles. The molecule has 0 aliphatic carbocycles. The summed E-state index contributed by atoms with van der Waals surface area (Å²) in [4.78, 5) is 13.0. The molecule has 0 saturated heterocycles. The minimum absolute atomic E-state index is 0.0602. The maximum Gasteiger partial charge on any atom is 0.225 e. The third kappa shape index (κ3) is 4.04. The van der Waals surface area contributed by atoms with Crippen LogP contribution in [-0.2, 0) is 4.79 Å². The Hall–Kier alpha value is -1.55. The average molecular weight is 250 g/mol. The van der Waals surface area contributed by atoms with Crippen LogP contribution in [0.2, 0.25) is 0 Å². The highest BCUT2D eigenvalue weighted by molar-refractivity contribution is 5.75.